The van der Waals surface area contributed by atoms with Gasteiger partial charge in [-0.2, -0.15) is 12.6 Å². The molecule has 2 rings (SSSR count). The van der Waals surface area contributed by atoms with Crippen molar-refractivity contribution in [2.24, 2.45) is 0 Å². The SMILES string of the molecule is C[C@H]1CC(S)c2ccsc2S1. The van der Waals surface area contributed by atoms with Crippen molar-refractivity contribution in [2.75, 3.05) is 0 Å². The van der Waals surface area contributed by atoms with E-state index in [-0.39, 0.29) is 0 Å². The van der Waals surface area contributed by atoms with Gasteiger partial charge in [-0.05, 0) is 23.4 Å². The second-order valence-corrected chi connectivity index (χ2v) is 6.09. The van der Waals surface area contributed by atoms with Crippen molar-refractivity contribution >= 4 is 35.7 Å². The van der Waals surface area contributed by atoms with Gasteiger partial charge in [-0.3, -0.25) is 0 Å². The summed E-state index contributed by atoms with van der Waals surface area (Å²) in [7, 11) is 0. The van der Waals surface area contributed by atoms with Gasteiger partial charge >= 0.3 is 0 Å². The van der Waals surface area contributed by atoms with E-state index in [9.17, 15) is 0 Å². The molecule has 2 atom stereocenters. The highest BCUT2D eigenvalue weighted by Gasteiger charge is 2.23. The van der Waals surface area contributed by atoms with Crippen LogP contribution < -0.4 is 0 Å². The lowest BCUT2D eigenvalue weighted by molar-refractivity contribution is 0.776. The number of hydrogen-bond acceptors (Lipinski definition) is 3. The molecule has 2 heterocycles. The van der Waals surface area contributed by atoms with E-state index >= 15 is 0 Å². The summed E-state index contributed by atoms with van der Waals surface area (Å²) >= 11 is 8.40. The average molecular weight is 202 g/mol. The average Bonchev–Trinajstić information content (AvgIpc) is 2.34. The van der Waals surface area contributed by atoms with Crippen LogP contribution in [0.4, 0.5) is 0 Å². The highest BCUT2D eigenvalue weighted by atomic mass is 32.2. The molecule has 1 aromatic heterocycles. The van der Waals surface area contributed by atoms with Crippen LogP contribution in [0.25, 0.3) is 0 Å². The Hall–Kier alpha value is 0.400. The summed E-state index contributed by atoms with van der Waals surface area (Å²) in [6.07, 6.45) is 1.21. The van der Waals surface area contributed by atoms with Crippen LogP contribution in [-0.4, -0.2) is 5.25 Å². The van der Waals surface area contributed by atoms with Crippen LogP contribution in [0, 0.1) is 0 Å². The predicted molar refractivity (Wildman–Crippen MR) is 56.0 cm³/mol. The molecule has 1 aromatic rings. The summed E-state index contributed by atoms with van der Waals surface area (Å²) in [4.78, 5) is 0. The van der Waals surface area contributed by atoms with E-state index in [0.29, 0.717) is 5.25 Å². The van der Waals surface area contributed by atoms with Crippen molar-refractivity contribution in [1.82, 2.24) is 0 Å². The van der Waals surface area contributed by atoms with Crippen molar-refractivity contribution in [3.05, 3.63) is 17.0 Å². The number of fused-ring (bicyclic) bond motifs is 1. The first kappa shape index (κ1) is 8.02. The van der Waals surface area contributed by atoms with Crippen LogP contribution >= 0.6 is 35.7 Å². The third-order valence-electron chi connectivity index (χ3n) is 1.88. The molecule has 0 bridgehead atoms. The maximum atomic E-state index is 4.56. The van der Waals surface area contributed by atoms with Gasteiger partial charge in [-0.1, -0.05) is 6.92 Å². The van der Waals surface area contributed by atoms with Crippen LogP contribution in [0.5, 0.6) is 0 Å². The molecule has 1 aliphatic rings. The fraction of sp³-hybridized carbons (Fsp3) is 0.500. The van der Waals surface area contributed by atoms with Crippen molar-refractivity contribution in [3.8, 4) is 0 Å². The summed E-state index contributed by atoms with van der Waals surface area (Å²) in [5.41, 5.74) is 1.45. The first-order chi connectivity index (χ1) is 5.27. The molecule has 1 aliphatic heterocycles. The minimum absolute atomic E-state index is 0.479. The number of rotatable bonds is 0. The molecule has 0 saturated heterocycles. The Morgan fingerprint density at radius 1 is 1.64 bits per heavy atom. The maximum absolute atomic E-state index is 4.56. The van der Waals surface area contributed by atoms with Crippen LogP contribution in [0.3, 0.4) is 0 Å². The Morgan fingerprint density at radius 2 is 2.45 bits per heavy atom. The van der Waals surface area contributed by atoms with E-state index in [2.05, 4.69) is 31.0 Å². The van der Waals surface area contributed by atoms with Crippen molar-refractivity contribution in [1.29, 1.82) is 0 Å². The van der Waals surface area contributed by atoms with Crippen molar-refractivity contribution in [2.45, 2.75) is 28.1 Å². The quantitative estimate of drug-likeness (QED) is 0.627. The largest absolute Gasteiger partial charge is 0.171 e. The molecular weight excluding hydrogens is 192 g/mol. The summed E-state index contributed by atoms with van der Waals surface area (Å²) < 4.78 is 1.48. The molecule has 60 valence electrons. The second-order valence-electron chi connectivity index (χ2n) is 2.84. The molecule has 0 radical (unpaired) electrons. The van der Waals surface area contributed by atoms with Gasteiger partial charge in [0.1, 0.15) is 0 Å². The lowest BCUT2D eigenvalue weighted by Crippen LogP contribution is -2.06. The van der Waals surface area contributed by atoms with E-state index in [1.54, 1.807) is 0 Å². The minimum atomic E-state index is 0.479. The topological polar surface area (TPSA) is 0 Å². The number of thiophene rings is 1. The molecule has 0 amide bonds. The molecule has 1 unspecified atom stereocenters. The minimum Gasteiger partial charge on any atom is -0.171 e. The van der Waals surface area contributed by atoms with E-state index in [4.69, 9.17) is 0 Å². The second kappa shape index (κ2) is 3.04. The Kier molecular flexibility index (Phi) is 2.21. The number of thiol groups is 1. The number of thioether (sulfide) groups is 1. The summed E-state index contributed by atoms with van der Waals surface area (Å²) in [5, 5.41) is 3.38. The Labute approximate surface area is 80.8 Å². The predicted octanol–water partition coefficient (Wildman–Crippen LogP) is 3.60. The standard InChI is InChI=1S/C8H10S3/c1-5-4-7(9)6-2-3-10-8(6)11-5/h2-3,5,7,9H,4H2,1H3/t5-,7?/m0/s1. The zero-order chi connectivity index (χ0) is 7.84. The van der Waals surface area contributed by atoms with Gasteiger partial charge in [-0.15, -0.1) is 23.1 Å². The van der Waals surface area contributed by atoms with Gasteiger partial charge in [0.05, 0.1) is 4.21 Å². The normalized spacial score (nSPS) is 30.0. The molecule has 0 aromatic carbocycles. The third-order valence-corrected chi connectivity index (χ3v) is 4.71. The molecule has 11 heavy (non-hydrogen) atoms. The number of hydrogen-bond donors (Lipinski definition) is 1. The Bertz CT molecular complexity index is 254. The Balaban J connectivity index is 2.36. The molecule has 0 fully saturated rings. The zero-order valence-electron chi connectivity index (χ0n) is 6.28. The van der Waals surface area contributed by atoms with E-state index in [0.717, 1.165) is 5.25 Å². The summed E-state index contributed by atoms with van der Waals surface area (Å²) in [5.74, 6) is 0. The first-order valence-corrected chi connectivity index (χ1v) is 5.97. The molecule has 0 nitrogen and oxygen atoms in total. The molecular formula is C8H10S3. The Morgan fingerprint density at radius 3 is 3.27 bits per heavy atom. The smallest absolute Gasteiger partial charge is 0.0644 e. The fourth-order valence-corrected chi connectivity index (χ4v) is 4.74. The van der Waals surface area contributed by atoms with Crippen molar-refractivity contribution in [3.63, 3.8) is 0 Å². The summed E-state index contributed by atoms with van der Waals surface area (Å²) in [6.45, 7) is 2.27. The monoisotopic (exact) mass is 202 g/mol. The lowest BCUT2D eigenvalue weighted by atomic mass is 10.1. The van der Waals surface area contributed by atoms with Crippen LogP contribution in [0.15, 0.2) is 15.7 Å². The van der Waals surface area contributed by atoms with Crippen LogP contribution in [0.2, 0.25) is 0 Å². The summed E-state index contributed by atoms with van der Waals surface area (Å²) in [6, 6.07) is 2.20. The molecule has 0 aliphatic carbocycles. The van der Waals surface area contributed by atoms with E-state index < -0.39 is 0 Å². The molecule has 0 spiro atoms. The van der Waals surface area contributed by atoms with Gasteiger partial charge in [0.25, 0.3) is 0 Å². The fourth-order valence-electron chi connectivity index (χ4n) is 1.32. The van der Waals surface area contributed by atoms with Crippen LogP contribution in [-0.2, 0) is 0 Å². The first-order valence-electron chi connectivity index (χ1n) is 3.69. The molecule has 0 N–H and O–H groups in total. The highest BCUT2D eigenvalue weighted by molar-refractivity contribution is 8.01. The van der Waals surface area contributed by atoms with Gasteiger partial charge in [0, 0.05) is 10.5 Å². The maximum Gasteiger partial charge on any atom is 0.0644 e. The van der Waals surface area contributed by atoms with Crippen LogP contribution in [0.1, 0.15) is 24.2 Å². The van der Waals surface area contributed by atoms with E-state index in [1.165, 1.54) is 16.2 Å². The third kappa shape index (κ3) is 1.46. The van der Waals surface area contributed by atoms with Gasteiger partial charge in [0.15, 0.2) is 0 Å². The van der Waals surface area contributed by atoms with Gasteiger partial charge in [-0.25, -0.2) is 0 Å². The van der Waals surface area contributed by atoms with Gasteiger partial charge in [0.2, 0.25) is 0 Å². The van der Waals surface area contributed by atoms with E-state index in [1.807, 2.05) is 23.1 Å². The lowest BCUT2D eigenvalue weighted by Gasteiger charge is -2.22. The van der Waals surface area contributed by atoms with Gasteiger partial charge < -0.3 is 0 Å². The zero-order valence-corrected chi connectivity index (χ0v) is 8.81. The highest BCUT2D eigenvalue weighted by Crippen LogP contribution is 2.45. The molecule has 3 heteroatoms. The molecule has 0 saturated carbocycles. The van der Waals surface area contributed by atoms with Crippen molar-refractivity contribution < 1.29 is 0 Å².